The minimum atomic E-state index is 0.0547. The summed E-state index contributed by atoms with van der Waals surface area (Å²) < 4.78 is 5.27. The van der Waals surface area contributed by atoms with E-state index >= 15 is 0 Å². The summed E-state index contributed by atoms with van der Waals surface area (Å²) in [6.45, 7) is 9.23. The quantitative estimate of drug-likeness (QED) is 0.798. The molecule has 1 unspecified atom stereocenters. The second kappa shape index (κ2) is 6.74. The molecular weight excluding hydrogens is 204 g/mol. The van der Waals surface area contributed by atoms with Gasteiger partial charge in [-0.15, -0.1) is 0 Å². The van der Waals surface area contributed by atoms with Crippen molar-refractivity contribution in [1.82, 2.24) is 10.2 Å². The van der Waals surface area contributed by atoms with Crippen LogP contribution in [0.1, 0.15) is 33.6 Å². The maximum absolute atomic E-state index is 11.8. The van der Waals surface area contributed by atoms with E-state index in [0.717, 1.165) is 31.8 Å². The molecule has 0 aliphatic carbocycles. The lowest BCUT2D eigenvalue weighted by Crippen LogP contribution is -2.48. The first-order chi connectivity index (χ1) is 7.63. The number of likely N-dealkylation sites (tertiary alicyclic amines) is 1. The zero-order valence-electron chi connectivity index (χ0n) is 10.7. The van der Waals surface area contributed by atoms with Gasteiger partial charge in [-0.2, -0.15) is 0 Å². The minimum Gasteiger partial charge on any atom is -0.380 e. The monoisotopic (exact) mass is 228 g/mol. The predicted octanol–water partition coefficient (Wildman–Crippen LogP) is 1.85. The van der Waals surface area contributed by atoms with Crippen LogP contribution in [0.3, 0.4) is 0 Å². The Balaban J connectivity index is 2.23. The molecular formula is C12H24N2O2. The van der Waals surface area contributed by atoms with Gasteiger partial charge < -0.3 is 15.0 Å². The predicted molar refractivity (Wildman–Crippen MR) is 64.5 cm³/mol. The third kappa shape index (κ3) is 4.39. The van der Waals surface area contributed by atoms with Gasteiger partial charge in [0.15, 0.2) is 0 Å². The van der Waals surface area contributed by atoms with Gasteiger partial charge in [0.05, 0.1) is 12.6 Å². The lowest BCUT2D eigenvalue weighted by atomic mass is 10.00. The molecule has 1 aliphatic heterocycles. The van der Waals surface area contributed by atoms with Crippen molar-refractivity contribution in [2.75, 3.05) is 26.3 Å². The molecule has 0 radical (unpaired) electrons. The molecule has 0 aromatic heterocycles. The summed E-state index contributed by atoms with van der Waals surface area (Å²) in [5.74, 6) is 0.755. The molecule has 1 heterocycles. The molecule has 0 bridgehead atoms. The Morgan fingerprint density at radius 2 is 2.12 bits per heavy atom. The lowest BCUT2D eigenvalue weighted by Gasteiger charge is -2.31. The van der Waals surface area contributed by atoms with Crippen LogP contribution in [0, 0.1) is 5.92 Å². The number of nitrogens with one attached hydrogen (secondary N) is 1. The number of ether oxygens (including phenoxy) is 1. The van der Waals surface area contributed by atoms with Crippen molar-refractivity contribution in [2.45, 2.75) is 39.7 Å². The van der Waals surface area contributed by atoms with Crippen molar-refractivity contribution >= 4 is 6.03 Å². The van der Waals surface area contributed by atoms with E-state index < -0.39 is 0 Å². The van der Waals surface area contributed by atoms with Gasteiger partial charge in [-0.1, -0.05) is 6.92 Å². The first-order valence-corrected chi connectivity index (χ1v) is 6.26. The smallest absolute Gasteiger partial charge is 0.317 e. The number of hydrogen-bond donors (Lipinski definition) is 1. The third-order valence-electron chi connectivity index (χ3n) is 3.01. The van der Waals surface area contributed by atoms with Gasteiger partial charge in [0, 0.05) is 19.7 Å². The van der Waals surface area contributed by atoms with Crippen molar-refractivity contribution in [3.05, 3.63) is 0 Å². The number of carbonyl (C=O) groups is 1. The highest BCUT2D eigenvalue weighted by molar-refractivity contribution is 5.74. The first-order valence-electron chi connectivity index (χ1n) is 6.26. The van der Waals surface area contributed by atoms with E-state index in [1.54, 1.807) is 0 Å². The number of nitrogens with zero attached hydrogens (tertiary/aromatic N) is 1. The maximum atomic E-state index is 11.8. The van der Waals surface area contributed by atoms with Crippen molar-refractivity contribution in [3.63, 3.8) is 0 Å². The average Bonchev–Trinajstić information content (AvgIpc) is 2.27. The Morgan fingerprint density at radius 1 is 1.50 bits per heavy atom. The zero-order valence-corrected chi connectivity index (χ0v) is 10.7. The van der Waals surface area contributed by atoms with E-state index in [4.69, 9.17) is 4.74 Å². The van der Waals surface area contributed by atoms with E-state index in [0.29, 0.717) is 13.2 Å². The van der Waals surface area contributed by atoms with Gasteiger partial charge in [-0.25, -0.2) is 4.79 Å². The number of amides is 2. The number of urea groups is 1. The fourth-order valence-electron chi connectivity index (χ4n) is 1.85. The van der Waals surface area contributed by atoms with Gasteiger partial charge in [-0.3, -0.25) is 0 Å². The average molecular weight is 228 g/mol. The summed E-state index contributed by atoms with van der Waals surface area (Å²) in [7, 11) is 0. The summed E-state index contributed by atoms with van der Waals surface area (Å²) in [6.07, 6.45) is 2.24. The van der Waals surface area contributed by atoms with Crippen LogP contribution in [0.2, 0.25) is 0 Å². The van der Waals surface area contributed by atoms with E-state index in [-0.39, 0.29) is 12.1 Å². The van der Waals surface area contributed by atoms with Crippen LogP contribution in [0.5, 0.6) is 0 Å². The van der Waals surface area contributed by atoms with Crippen LogP contribution in [-0.2, 0) is 4.74 Å². The highest BCUT2D eigenvalue weighted by Crippen LogP contribution is 2.15. The normalized spacial score (nSPS) is 19.6. The number of hydrogen-bond acceptors (Lipinski definition) is 2. The summed E-state index contributed by atoms with van der Waals surface area (Å²) >= 11 is 0. The second-order valence-electron chi connectivity index (χ2n) is 4.68. The largest absolute Gasteiger partial charge is 0.380 e. The molecule has 2 amide bonds. The van der Waals surface area contributed by atoms with Crippen LogP contribution in [0.15, 0.2) is 0 Å². The Bertz CT molecular complexity index is 213. The maximum Gasteiger partial charge on any atom is 0.317 e. The molecule has 4 heteroatoms. The van der Waals surface area contributed by atoms with Crippen molar-refractivity contribution in [1.29, 1.82) is 0 Å². The van der Waals surface area contributed by atoms with Crippen LogP contribution in [-0.4, -0.2) is 43.3 Å². The fraction of sp³-hybridized carbons (Fsp3) is 0.917. The molecule has 1 atom stereocenters. The molecule has 1 rings (SSSR count). The SMILES string of the molecule is CCOCC(C)NC(=O)N1CCC(C)CC1. The minimum absolute atomic E-state index is 0.0547. The number of piperidine rings is 1. The summed E-state index contributed by atoms with van der Waals surface area (Å²) in [5, 5.41) is 2.96. The summed E-state index contributed by atoms with van der Waals surface area (Å²) in [4.78, 5) is 13.7. The van der Waals surface area contributed by atoms with Crippen molar-refractivity contribution < 1.29 is 9.53 Å². The Labute approximate surface area is 98.3 Å². The summed E-state index contributed by atoms with van der Waals surface area (Å²) in [6, 6.07) is 0.144. The molecule has 1 N–H and O–H groups in total. The summed E-state index contributed by atoms with van der Waals surface area (Å²) in [5.41, 5.74) is 0. The van der Waals surface area contributed by atoms with Gasteiger partial charge in [0.1, 0.15) is 0 Å². The Morgan fingerprint density at radius 3 is 2.69 bits per heavy atom. The van der Waals surface area contributed by atoms with Crippen molar-refractivity contribution in [3.8, 4) is 0 Å². The fourth-order valence-corrected chi connectivity index (χ4v) is 1.85. The highest BCUT2D eigenvalue weighted by Gasteiger charge is 2.20. The van der Waals surface area contributed by atoms with E-state index in [1.165, 1.54) is 0 Å². The molecule has 4 nitrogen and oxygen atoms in total. The highest BCUT2D eigenvalue weighted by atomic mass is 16.5. The Hall–Kier alpha value is -0.770. The number of carbonyl (C=O) groups excluding carboxylic acids is 1. The van der Waals surface area contributed by atoms with E-state index in [9.17, 15) is 4.79 Å². The molecule has 0 aromatic carbocycles. The first kappa shape index (κ1) is 13.3. The second-order valence-corrected chi connectivity index (χ2v) is 4.68. The van der Waals surface area contributed by atoms with Crippen LogP contribution >= 0.6 is 0 Å². The topological polar surface area (TPSA) is 41.6 Å². The molecule has 0 saturated carbocycles. The molecule has 0 spiro atoms. The van der Waals surface area contributed by atoms with Gasteiger partial charge >= 0.3 is 6.03 Å². The van der Waals surface area contributed by atoms with Gasteiger partial charge in [-0.05, 0) is 32.6 Å². The zero-order chi connectivity index (χ0) is 12.0. The standard InChI is InChI=1S/C12H24N2O2/c1-4-16-9-11(3)13-12(15)14-7-5-10(2)6-8-14/h10-11H,4-9H2,1-3H3,(H,13,15). The lowest BCUT2D eigenvalue weighted by molar-refractivity contribution is 0.121. The van der Waals surface area contributed by atoms with Crippen LogP contribution in [0.4, 0.5) is 4.79 Å². The third-order valence-corrected chi connectivity index (χ3v) is 3.01. The van der Waals surface area contributed by atoms with Crippen LogP contribution < -0.4 is 5.32 Å². The van der Waals surface area contributed by atoms with E-state index in [2.05, 4.69) is 12.2 Å². The molecule has 94 valence electrons. The number of rotatable bonds is 4. The van der Waals surface area contributed by atoms with E-state index in [1.807, 2.05) is 18.7 Å². The Kier molecular flexibility index (Phi) is 5.60. The molecule has 1 fully saturated rings. The van der Waals surface area contributed by atoms with Crippen LogP contribution in [0.25, 0.3) is 0 Å². The molecule has 1 saturated heterocycles. The molecule has 0 aromatic rings. The van der Waals surface area contributed by atoms with Crippen molar-refractivity contribution in [2.24, 2.45) is 5.92 Å². The van der Waals surface area contributed by atoms with Gasteiger partial charge in [0.25, 0.3) is 0 Å². The van der Waals surface area contributed by atoms with Gasteiger partial charge in [0.2, 0.25) is 0 Å². The molecule has 1 aliphatic rings. The molecule has 16 heavy (non-hydrogen) atoms.